The Morgan fingerprint density at radius 1 is 1.69 bits per heavy atom. The summed E-state index contributed by atoms with van der Waals surface area (Å²) < 4.78 is 2.63. The first kappa shape index (κ1) is 8.65. The monoisotopic (exact) mass is 211 g/mol. The zero-order chi connectivity index (χ0) is 9.26. The number of aryl methyl sites for hydroxylation is 1. The second-order valence-corrected chi connectivity index (χ2v) is 3.78. The Kier molecular flexibility index (Phi) is 2.28. The average molecular weight is 211 g/mol. The molecule has 0 aromatic carbocycles. The molecule has 0 radical (unpaired) electrons. The van der Waals surface area contributed by atoms with Gasteiger partial charge in [-0.25, -0.2) is 0 Å². The van der Waals surface area contributed by atoms with E-state index >= 15 is 0 Å². The molecule has 0 bridgehead atoms. The van der Waals surface area contributed by atoms with Crippen molar-refractivity contribution in [3.8, 4) is 5.69 Å². The van der Waals surface area contributed by atoms with Crippen LogP contribution in [0.15, 0.2) is 16.8 Å². The van der Waals surface area contributed by atoms with Crippen LogP contribution >= 0.6 is 23.6 Å². The molecule has 2 heterocycles. The van der Waals surface area contributed by atoms with Gasteiger partial charge >= 0.3 is 0 Å². The lowest BCUT2D eigenvalue weighted by Gasteiger charge is -2.00. The fourth-order valence-corrected chi connectivity index (χ4v) is 2.09. The second kappa shape index (κ2) is 3.43. The molecule has 0 atom stereocenters. The first-order valence-electron chi connectivity index (χ1n) is 4.01. The van der Waals surface area contributed by atoms with Gasteiger partial charge in [0.15, 0.2) is 4.77 Å². The third-order valence-corrected chi connectivity index (χ3v) is 2.77. The summed E-state index contributed by atoms with van der Waals surface area (Å²) in [5.41, 5.74) is 1.10. The minimum absolute atomic E-state index is 0.662. The highest BCUT2D eigenvalue weighted by atomic mass is 32.1. The van der Waals surface area contributed by atoms with Crippen LogP contribution in [-0.2, 0) is 6.42 Å². The Labute approximate surface area is 85.0 Å². The van der Waals surface area contributed by atoms with Crippen LogP contribution in [0.25, 0.3) is 5.69 Å². The summed E-state index contributed by atoms with van der Waals surface area (Å²) in [5, 5.41) is 11.0. The van der Waals surface area contributed by atoms with E-state index in [9.17, 15) is 0 Å². The van der Waals surface area contributed by atoms with Crippen molar-refractivity contribution < 1.29 is 0 Å². The van der Waals surface area contributed by atoms with E-state index in [2.05, 4.69) is 22.5 Å². The lowest BCUT2D eigenvalue weighted by molar-refractivity contribution is 0.882. The number of H-pyrrole nitrogens is 1. The maximum Gasteiger partial charge on any atom is 0.199 e. The zero-order valence-corrected chi connectivity index (χ0v) is 8.78. The highest BCUT2D eigenvalue weighted by Crippen LogP contribution is 2.14. The molecule has 0 saturated carbocycles. The third-order valence-electron chi connectivity index (χ3n) is 1.82. The van der Waals surface area contributed by atoms with Gasteiger partial charge in [0.2, 0.25) is 0 Å². The molecule has 0 spiro atoms. The van der Waals surface area contributed by atoms with Crippen LogP contribution in [0.3, 0.4) is 0 Å². The number of aromatic amines is 1. The number of aromatic nitrogens is 3. The summed E-state index contributed by atoms with van der Waals surface area (Å²) in [7, 11) is 0. The van der Waals surface area contributed by atoms with Crippen LogP contribution < -0.4 is 0 Å². The van der Waals surface area contributed by atoms with Gasteiger partial charge in [-0.2, -0.15) is 16.4 Å². The van der Waals surface area contributed by atoms with Gasteiger partial charge in [-0.15, -0.1) is 0 Å². The molecule has 2 aromatic rings. The number of nitrogens with zero attached hydrogens (tertiary/aromatic N) is 2. The maximum absolute atomic E-state index is 5.14. The SMILES string of the molecule is CCc1n[nH]c(=S)n1-c1ccsc1. The van der Waals surface area contributed by atoms with Crippen molar-refractivity contribution in [2.45, 2.75) is 13.3 Å². The molecule has 0 aliphatic heterocycles. The van der Waals surface area contributed by atoms with E-state index < -0.39 is 0 Å². The van der Waals surface area contributed by atoms with Crippen LogP contribution in [0.5, 0.6) is 0 Å². The molecule has 0 amide bonds. The number of hydrogen-bond acceptors (Lipinski definition) is 3. The highest BCUT2D eigenvalue weighted by molar-refractivity contribution is 7.71. The molecular formula is C8H9N3S2. The largest absolute Gasteiger partial charge is 0.271 e. The fraction of sp³-hybridized carbons (Fsp3) is 0.250. The minimum Gasteiger partial charge on any atom is -0.271 e. The van der Waals surface area contributed by atoms with Crippen LogP contribution in [0.1, 0.15) is 12.7 Å². The molecule has 1 N–H and O–H groups in total. The van der Waals surface area contributed by atoms with E-state index in [0.29, 0.717) is 4.77 Å². The van der Waals surface area contributed by atoms with E-state index in [-0.39, 0.29) is 0 Å². The molecule has 0 aliphatic rings. The molecular weight excluding hydrogens is 202 g/mol. The van der Waals surface area contributed by atoms with Gasteiger partial charge in [0.25, 0.3) is 0 Å². The third kappa shape index (κ3) is 1.45. The van der Waals surface area contributed by atoms with Crippen molar-refractivity contribution in [2.75, 3.05) is 0 Å². The lowest BCUT2D eigenvalue weighted by atomic mass is 10.4. The fourth-order valence-electron chi connectivity index (χ4n) is 1.22. The Balaban J connectivity index is 2.62. The van der Waals surface area contributed by atoms with Crippen molar-refractivity contribution in [1.82, 2.24) is 14.8 Å². The van der Waals surface area contributed by atoms with Gasteiger partial charge < -0.3 is 0 Å². The van der Waals surface area contributed by atoms with E-state index in [4.69, 9.17) is 12.2 Å². The van der Waals surface area contributed by atoms with E-state index in [1.54, 1.807) is 11.3 Å². The van der Waals surface area contributed by atoms with Crippen molar-refractivity contribution >= 4 is 23.6 Å². The molecule has 0 saturated heterocycles. The Morgan fingerprint density at radius 2 is 2.54 bits per heavy atom. The van der Waals surface area contributed by atoms with Gasteiger partial charge in [0.05, 0.1) is 5.69 Å². The molecule has 5 heteroatoms. The van der Waals surface area contributed by atoms with Gasteiger partial charge in [-0.1, -0.05) is 6.92 Å². The van der Waals surface area contributed by atoms with Gasteiger partial charge in [0, 0.05) is 11.8 Å². The molecule has 13 heavy (non-hydrogen) atoms. The topological polar surface area (TPSA) is 33.6 Å². The van der Waals surface area contributed by atoms with Crippen molar-refractivity contribution in [2.24, 2.45) is 0 Å². The van der Waals surface area contributed by atoms with Crippen LogP contribution in [0.2, 0.25) is 0 Å². The van der Waals surface area contributed by atoms with E-state index in [1.165, 1.54) is 0 Å². The van der Waals surface area contributed by atoms with Crippen molar-refractivity contribution in [3.63, 3.8) is 0 Å². The molecule has 2 aromatic heterocycles. The number of nitrogens with one attached hydrogen (secondary N) is 1. The summed E-state index contributed by atoms with van der Waals surface area (Å²) in [5.74, 6) is 0.975. The number of rotatable bonds is 2. The average Bonchev–Trinajstić information content (AvgIpc) is 2.72. The van der Waals surface area contributed by atoms with E-state index in [1.807, 2.05) is 16.0 Å². The van der Waals surface area contributed by atoms with Crippen molar-refractivity contribution in [3.05, 3.63) is 27.4 Å². The highest BCUT2D eigenvalue weighted by Gasteiger charge is 2.05. The Hall–Kier alpha value is -0.940. The Bertz CT molecular complexity index is 438. The first-order valence-corrected chi connectivity index (χ1v) is 5.37. The summed E-state index contributed by atoms with van der Waals surface area (Å²) in [6.07, 6.45) is 0.878. The normalized spacial score (nSPS) is 10.5. The maximum atomic E-state index is 5.14. The predicted octanol–water partition coefficient (Wildman–Crippen LogP) is 2.55. The van der Waals surface area contributed by atoms with Crippen LogP contribution in [-0.4, -0.2) is 14.8 Å². The smallest absolute Gasteiger partial charge is 0.199 e. The molecule has 3 nitrogen and oxygen atoms in total. The van der Waals surface area contributed by atoms with Gasteiger partial charge in [-0.3, -0.25) is 9.67 Å². The molecule has 0 unspecified atom stereocenters. The summed E-state index contributed by atoms with van der Waals surface area (Å²) >= 11 is 6.79. The summed E-state index contributed by atoms with van der Waals surface area (Å²) in [6, 6.07) is 2.04. The molecule has 0 fully saturated rings. The van der Waals surface area contributed by atoms with Gasteiger partial charge in [0.1, 0.15) is 5.82 Å². The van der Waals surface area contributed by atoms with Crippen LogP contribution in [0.4, 0.5) is 0 Å². The van der Waals surface area contributed by atoms with Crippen molar-refractivity contribution in [1.29, 1.82) is 0 Å². The predicted molar refractivity (Wildman–Crippen MR) is 56.0 cm³/mol. The first-order chi connectivity index (χ1) is 6.33. The minimum atomic E-state index is 0.662. The molecule has 2 rings (SSSR count). The number of thiophene rings is 1. The lowest BCUT2D eigenvalue weighted by Crippen LogP contribution is -1.98. The van der Waals surface area contributed by atoms with Gasteiger partial charge in [-0.05, 0) is 23.7 Å². The summed E-state index contributed by atoms with van der Waals surface area (Å²) in [6.45, 7) is 2.06. The van der Waals surface area contributed by atoms with E-state index in [0.717, 1.165) is 17.9 Å². The molecule has 68 valence electrons. The number of hydrogen-bond donors (Lipinski definition) is 1. The van der Waals surface area contributed by atoms with Crippen LogP contribution in [0, 0.1) is 4.77 Å². The standard InChI is InChI=1S/C8H9N3S2/c1-2-7-9-10-8(12)11(7)6-3-4-13-5-6/h3-5H,2H2,1H3,(H,10,12). The second-order valence-electron chi connectivity index (χ2n) is 2.62. The quantitative estimate of drug-likeness (QED) is 0.774. The Morgan fingerprint density at radius 3 is 3.15 bits per heavy atom. The molecule has 0 aliphatic carbocycles. The zero-order valence-electron chi connectivity index (χ0n) is 7.15. The summed E-state index contributed by atoms with van der Waals surface area (Å²) in [4.78, 5) is 0.